The third-order valence-corrected chi connectivity index (χ3v) is 4.16. The van der Waals surface area contributed by atoms with Gasteiger partial charge in [0.25, 0.3) is 5.91 Å². The normalized spacial score (nSPS) is 10.4. The number of benzene rings is 2. The van der Waals surface area contributed by atoms with Crippen molar-refractivity contribution in [2.24, 2.45) is 0 Å². The van der Waals surface area contributed by atoms with Crippen LogP contribution < -0.4 is 15.4 Å². The highest BCUT2D eigenvalue weighted by molar-refractivity contribution is 5.94. The van der Waals surface area contributed by atoms with Gasteiger partial charge < -0.3 is 15.4 Å². The zero-order chi connectivity index (χ0) is 22.2. The van der Waals surface area contributed by atoms with Crippen LogP contribution in [0.4, 0.5) is 13.2 Å². The Morgan fingerprint density at radius 1 is 0.968 bits per heavy atom. The molecule has 0 unspecified atom stereocenters. The molecule has 2 aromatic carbocycles. The molecule has 0 fully saturated rings. The maximum atomic E-state index is 14.2. The summed E-state index contributed by atoms with van der Waals surface area (Å²) >= 11 is 0. The van der Waals surface area contributed by atoms with Crippen LogP contribution in [0, 0.1) is 17.5 Å². The van der Waals surface area contributed by atoms with Crippen molar-refractivity contribution in [1.29, 1.82) is 0 Å². The Morgan fingerprint density at radius 2 is 1.81 bits per heavy atom. The van der Waals surface area contributed by atoms with Gasteiger partial charge in [-0.3, -0.25) is 14.6 Å². The highest BCUT2D eigenvalue weighted by atomic mass is 19.1. The Labute approximate surface area is 176 Å². The van der Waals surface area contributed by atoms with E-state index >= 15 is 0 Å². The van der Waals surface area contributed by atoms with Crippen LogP contribution in [0.1, 0.15) is 22.3 Å². The number of nitrogens with one attached hydrogen (secondary N) is 2. The third-order valence-electron chi connectivity index (χ3n) is 4.16. The summed E-state index contributed by atoms with van der Waals surface area (Å²) in [6.45, 7) is 0.0250. The van der Waals surface area contributed by atoms with Crippen molar-refractivity contribution in [3.63, 3.8) is 0 Å². The molecule has 2 amide bonds. The predicted octanol–water partition coefficient (Wildman–Crippen LogP) is 3.73. The summed E-state index contributed by atoms with van der Waals surface area (Å²) in [5.74, 6) is -3.10. The van der Waals surface area contributed by atoms with E-state index in [4.69, 9.17) is 4.74 Å². The summed E-state index contributed by atoms with van der Waals surface area (Å²) in [5, 5.41) is 4.98. The molecule has 1 heterocycles. The Kier molecular flexibility index (Phi) is 7.21. The van der Waals surface area contributed by atoms with Crippen LogP contribution >= 0.6 is 0 Å². The molecule has 1 aromatic heterocycles. The number of halogens is 3. The zero-order valence-corrected chi connectivity index (χ0v) is 16.2. The first-order valence-electron chi connectivity index (χ1n) is 9.28. The zero-order valence-electron chi connectivity index (χ0n) is 16.2. The maximum Gasteiger partial charge on any atom is 0.254 e. The summed E-state index contributed by atoms with van der Waals surface area (Å²) < 4.78 is 46.1. The minimum atomic E-state index is -0.986. The van der Waals surface area contributed by atoms with Gasteiger partial charge in [0.05, 0.1) is 11.8 Å². The molecule has 3 rings (SSSR count). The molecule has 2 N–H and O–H groups in total. The summed E-state index contributed by atoms with van der Waals surface area (Å²) in [6, 6.07) is 10.2. The molecule has 9 heteroatoms. The van der Waals surface area contributed by atoms with Crippen LogP contribution in [-0.2, 0) is 11.3 Å². The van der Waals surface area contributed by atoms with E-state index in [0.29, 0.717) is 17.4 Å². The fourth-order valence-corrected chi connectivity index (χ4v) is 2.62. The number of carbonyl (C=O) groups is 2. The lowest BCUT2D eigenvalue weighted by molar-refractivity contribution is -0.121. The Bertz CT molecular complexity index is 1080. The summed E-state index contributed by atoms with van der Waals surface area (Å²) in [7, 11) is 0. The molecule has 160 valence electrons. The topological polar surface area (TPSA) is 80.3 Å². The first-order chi connectivity index (χ1) is 14.9. The van der Waals surface area contributed by atoms with Crippen molar-refractivity contribution in [3.05, 3.63) is 89.5 Å². The van der Waals surface area contributed by atoms with Crippen LogP contribution in [0.25, 0.3) is 0 Å². The van der Waals surface area contributed by atoms with E-state index in [9.17, 15) is 22.8 Å². The first kappa shape index (κ1) is 21.8. The van der Waals surface area contributed by atoms with Crippen molar-refractivity contribution in [3.8, 4) is 11.5 Å². The lowest BCUT2D eigenvalue weighted by Crippen LogP contribution is -2.31. The van der Waals surface area contributed by atoms with Crippen LogP contribution in [-0.4, -0.2) is 23.3 Å². The van der Waals surface area contributed by atoms with Gasteiger partial charge in [0.15, 0.2) is 11.6 Å². The van der Waals surface area contributed by atoms with Gasteiger partial charge in [0, 0.05) is 31.8 Å². The van der Waals surface area contributed by atoms with Gasteiger partial charge in [0.2, 0.25) is 5.91 Å². The Balaban J connectivity index is 1.44. The summed E-state index contributed by atoms with van der Waals surface area (Å²) in [6.07, 6.45) is 2.96. The van der Waals surface area contributed by atoms with Gasteiger partial charge in [-0.05, 0) is 42.0 Å². The second kappa shape index (κ2) is 10.2. The highest BCUT2D eigenvalue weighted by Crippen LogP contribution is 2.24. The molecule has 0 atom stereocenters. The van der Waals surface area contributed by atoms with Crippen molar-refractivity contribution in [2.75, 3.05) is 6.54 Å². The quantitative estimate of drug-likeness (QED) is 0.572. The van der Waals surface area contributed by atoms with E-state index in [1.807, 2.05) is 0 Å². The minimum absolute atomic E-state index is 0.0267. The van der Waals surface area contributed by atoms with Crippen LogP contribution in [0.15, 0.2) is 60.9 Å². The van der Waals surface area contributed by atoms with E-state index in [1.54, 1.807) is 24.4 Å². The van der Waals surface area contributed by atoms with E-state index < -0.39 is 29.3 Å². The van der Waals surface area contributed by atoms with E-state index in [1.165, 1.54) is 18.3 Å². The van der Waals surface area contributed by atoms with Gasteiger partial charge >= 0.3 is 0 Å². The maximum absolute atomic E-state index is 14.2. The average Bonchev–Trinajstić information content (AvgIpc) is 2.74. The molecule has 0 bridgehead atoms. The van der Waals surface area contributed by atoms with E-state index in [0.717, 1.165) is 12.1 Å². The number of hydrogen-bond donors (Lipinski definition) is 2. The standard InChI is InChI=1S/C22H18F3N3O3/c23-15-4-5-17(18(24)11-15)22(30)27-9-7-21(29)28-12-14-3-6-20(19(25)10-14)31-16-2-1-8-26-13-16/h1-6,8,10-11,13H,7,9,12H2,(H,27,30)(H,28,29). The Hall–Kier alpha value is -3.88. The number of nitrogens with zero attached hydrogens (tertiary/aromatic N) is 1. The number of rotatable bonds is 8. The number of pyridine rings is 1. The summed E-state index contributed by atoms with van der Waals surface area (Å²) in [5.41, 5.74) is 0.202. The fourth-order valence-electron chi connectivity index (χ4n) is 2.62. The van der Waals surface area contributed by atoms with E-state index in [-0.39, 0.29) is 30.8 Å². The lowest BCUT2D eigenvalue weighted by atomic mass is 10.2. The van der Waals surface area contributed by atoms with Gasteiger partial charge in [-0.15, -0.1) is 0 Å². The molecule has 0 saturated carbocycles. The van der Waals surface area contributed by atoms with Crippen molar-refractivity contribution >= 4 is 11.8 Å². The fraction of sp³-hybridized carbons (Fsp3) is 0.136. The van der Waals surface area contributed by atoms with Crippen molar-refractivity contribution in [2.45, 2.75) is 13.0 Å². The second-order valence-electron chi connectivity index (χ2n) is 6.46. The summed E-state index contributed by atoms with van der Waals surface area (Å²) in [4.78, 5) is 27.7. The highest BCUT2D eigenvalue weighted by Gasteiger charge is 2.13. The van der Waals surface area contributed by atoms with Gasteiger partial charge in [-0.1, -0.05) is 6.07 Å². The molecule has 31 heavy (non-hydrogen) atoms. The smallest absolute Gasteiger partial charge is 0.254 e. The first-order valence-corrected chi connectivity index (χ1v) is 9.28. The van der Waals surface area contributed by atoms with Crippen molar-refractivity contribution in [1.82, 2.24) is 15.6 Å². The molecular formula is C22H18F3N3O3. The largest absolute Gasteiger partial charge is 0.453 e. The predicted molar refractivity (Wildman–Crippen MR) is 106 cm³/mol. The number of carbonyl (C=O) groups excluding carboxylic acids is 2. The minimum Gasteiger partial charge on any atom is -0.453 e. The lowest BCUT2D eigenvalue weighted by Gasteiger charge is -2.10. The molecule has 0 aliphatic carbocycles. The monoisotopic (exact) mass is 429 g/mol. The van der Waals surface area contributed by atoms with Gasteiger partial charge in [-0.25, -0.2) is 13.2 Å². The van der Waals surface area contributed by atoms with Crippen LogP contribution in [0.2, 0.25) is 0 Å². The molecule has 0 aliphatic heterocycles. The van der Waals surface area contributed by atoms with Crippen molar-refractivity contribution < 1.29 is 27.5 Å². The molecule has 3 aromatic rings. The number of hydrogen-bond acceptors (Lipinski definition) is 4. The number of ether oxygens (including phenoxy) is 1. The SMILES string of the molecule is O=C(CCNC(=O)c1ccc(F)cc1F)NCc1ccc(Oc2cccnc2)c(F)c1. The molecule has 0 spiro atoms. The van der Waals surface area contributed by atoms with Crippen LogP contribution in [0.3, 0.4) is 0 Å². The molecule has 0 saturated heterocycles. The van der Waals surface area contributed by atoms with Gasteiger partial charge in [0.1, 0.15) is 17.4 Å². The number of aromatic nitrogens is 1. The van der Waals surface area contributed by atoms with Crippen LogP contribution in [0.5, 0.6) is 11.5 Å². The molecule has 0 radical (unpaired) electrons. The molecule has 6 nitrogen and oxygen atoms in total. The average molecular weight is 429 g/mol. The Morgan fingerprint density at radius 3 is 2.52 bits per heavy atom. The number of amides is 2. The van der Waals surface area contributed by atoms with E-state index in [2.05, 4.69) is 15.6 Å². The molecular weight excluding hydrogens is 411 g/mol. The second-order valence-corrected chi connectivity index (χ2v) is 6.46. The van der Waals surface area contributed by atoms with Gasteiger partial charge in [-0.2, -0.15) is 0 Å². The molecule has 0 aliphatic rings. The third kappa shape index (κ3) is 6.30.